The van der Waals surface area contributed by atoms with Crippen molar-refractivity contribution in [1.29, 1.82) is 0 Å². The van der Waals surface area contributed by atoms with E-state index in [1.807, 2.05) is 72.9 Å². The first-order valence-corrected chi connectivity index (χ1v) is 21.4. The van der Waals surface area contributed by atoms with Gasteiger partial charge in [0.15, 0.2) is 0 Å². The maximum absolute atomic E-state index is 14.2. The predicted octanol–water partition coefficient (Wildman–Crippen LogP) is 2.98. The standard InChI is InChI=1S/C43H59N5O10S.Cs/c1-10-55-40(49)24-37(32-22-38-41(39(23-32)53-9)46(8)45-44-38)31-12-11-30(4)33(21-31)26-48(25-29(2)3)59(51,52)36-15-13-34(14-16-36)57-20-19-54-28-35-27-47(17-18-56-35)42(50)58-43(5,6)7;/h11-15,21-22,35,37,39H,10,17-20,23-28H2,1-9H3;/q-2;+1. The molecule has 3 aromatic rings. The number of sulfonamides is 1. The number of aromatic nitrogens is 3. The van der Waals surface area contributed by atoms with Crippen molar-refractivity contribution in [3.05, 3.63) is 82.0 Å². The zero-order chi connectivity index (χ0) is 42.9. The number of ether oxygens (including phenoxy) is 6. The molecule has 15 nitrogen and oxygen atoms in total. The molecule has 1 aliphatic heterocycles. The summed E-state index contributed by atoms with van der Waals surface area (Å²) in [6, 6.07) is 13.5. The first kappa shape index (κ1) is 50.3. The molecule has 0 bridgehead atoms. The molecule has 1 aromatic heterocycles. The number of hydrogen-bond acceptors (Lipinski definition) is 12. The Morgan fingerprint density at radius 1 is 1.15 bits per heavy atom. The summed E-state index contributed by atoms with van der Waals surface area (Å²) in [4.78, 5) is 27.1. The second-order valence-electron chi connectivity index (χ2n) is 16.1. The number of morpholine rings is 1. The van der Waals surface area contributed by atoms with Gasteiger partial charge in [0.2, 0.25) is 10.0 Å². The third kappa shape index (κ3) is 13.8. The Labute approximate surface area is 414 Å². The van der Waals surface area contributed by atoms with Gasteiger partial charge in [0.1, 0.15) is 17.4 Å². The van der Waals surface area contributed by atoms with Gasteiger partial charge in [-0.3, -0.25) is 4.79 Å². The Morgan fingerprint density at radius 3 is 2.58 bits per heavy atom. The molecule has 0 N–H and O–H groups in total. The molecule has 2 heterocycles. The molecule has 60 heavy (non-hydrogen) atoms. The summed E-state index contributed by atoms with van der Waals surface area (Å²) in [7, 11) is -0.538. The summed E-state index contributed by atoms with van der Waals surface area (Å²) >= 11 is 0. The molecule has 2 aromatic carbocycles. The molecule has 1 aliphatic carbocycles. The van der Waals surface area contributed by atoms with Crippen molar-refractivity contribution in [3.63, 3.8) is 0 Å². The van der Waals surface area contributed by atoms with Gasteiger partial charge in [0.05, 0.1) is 57.8 Å². The Hall–Kier alpha value is -2.30. The average Bonchev–Trinajstić information content (AvgIpc) is 3.56. The number of carbonyl (C=O) groups is 2. The number of methoxy groups -OCH3 is 1. The van der Waals surface area contributed by atoms with Crippen LogP contribution in [0, 0.1) is 18.9 Å². The number of carbonyl (C=O) groups excluding carboxylic acids is 2. The molecule has 2 aliphatic rings. The van der Waals surface area contributed by atoms with Crippen LogP contribution >= 0.6 is 0 Å². The fraction of sp³-hybridized carbons (Fsp3) is 0.558. The first-order chi connectivity index (χ1) is 28.0. The molecule has 5 rings (SSSR count). The van der Waals surface area contributed by atoms with Crippen LogP contribution in [0.25, 0.3) is 6.08 Å². The number of rotatable bonds is 18. The Kier molecular flexibility index (Phi) is 19.2. The van der Waals surface area contributed by atoms with Crippen LogP contribution in [0.3, 0.4) is 0 Å². The fourth-order valence-corrected chi connectivity index (χ4v) is 8.53. The zero-order valence-electron chi connectivity index (χ0n) is 36.8. The summed E-state index contributed by atoms with van der Waals surface area (Å²) in [5, 5.41) is 8.53. The monoisotopic (exact) mass is 970 g/mol. The van der Waals surface area contributed by atoms with Crippen LogP contribution in [0.5, 0.6) is 5.75 Å². The van der Waals surface area contributed by atoms with Crippen LogP contribution in [-0.4, -0.2) is 116 Å². The van der Waals surface area contributed by atoms with Crippen LogP contribution in [0.1, 0.15) is 94.5 Å². The largest absolute Gasteiger partial charge is 1.00 e. The molecule has 3 atom stereocenters. The third-order valence-electron chi connectivity index (χ3n) is 9.93. The summed E-state index contributed by atoms with van der Waals surface area (Å²) in [6.07, 6.45) is 1.63. The Morgan fingerprint density at radius 2 is 1.92 bits per heavy atom. The average molecular weight is 971 g/mol. The van der Waals surface area contributed by atoms with Gasteiger partial charge in [-0.1, -0.05) is 29.0 Å². The zero-order valence-corrected chi connectivity index (χ0v) is 43.9. The van der Waals surface area contributed by atoms with Gasteiger partial charge in [-0.2, -0.15) is 19.9 Å². The van der Waals surface area contributed by atoms with E-state index >= 15 is 0 Å². The van der Waals surface area contributed by atoms with Gasteiger partial charge < -0.3 is 39.2 Å². The second-order valence-corrected chi connectivity index (χ2v) is 18.0. The Bertz CT molecular complexity index is 2030. The minimum absolute atomic E-state index is 0. The van der Waals surface area contributed by atoms with E-state index in [9.17, 15) is 18.0 Å². The van der Waals surface area contributed by atoms with Crippen molar-refractivity contribution >= 4 is 28.2 Å². The van der Waals surface area contributed by atoms with Crippen molar-refractivity contribution in [3.8, 4) is 5.75 Å². The number of amides is 1. The molecular weight excluding hydrogens is 911 g/mol. The van der Waals surface area contributed by atoms with E-state index in [4.69, 9.17) is 28.4 Å². The third-order valence-corrected chi connectivity index (χ3v) is 11.7. The van der Waals surface area contributed by atoms with Crippen LogP contribution in [0.15, 0.2) is 46.9 Å². The van der Waals surface area contributed by atoms with E-state index < -0.39 is 15.6 Å². The van der Waals surface area contributed by atoms with Gasteiger partial charge in [0.25, 0.3) is 0 Å². The fourth-order valence-electron chi connectivity index (χ4n) is 7.07. The number of fused-ring (bicyclic) bond motifs is 1. The number of benzene rings is 2. The smallest absolute Gasteiger partial charge is 0.549 e. The molecule has 1 amide bonds. The first-order valence-electron chi connectivity index (χ1n) is 20.0. The molecule has 324 valence electrons. The topological polar surface area (TPSA) is 161 Å². The number of esters is 1. The van der Waals surface area contributed by atoms with Gasteiger partial charge in [-0.05, 0) is 62.3 Å². The van der Waals surface area contributed by atoms with Crippen LogP contribution < -0.4 is 73.6 Å². The number of hydrogen-bond donors (Lipinski definition) is 0. The molecule has 17 heteroatoms. The van der Waals surface area contributed by atoms with Gasteiger partial charge in [-0.15, -0.1) is 29.8 Å². The van der Waals surface area contributed by atoms with Gasteiger partial charge in [0, 0.05) is 45.3 Å². The van der Waals surface area contributed by atoms with E-state index in [1.54, 1.807) is 29.7 Å². The van der Waals surface area contributed by atoms with Crippen LogP contribution in [0.4, 0.5) is 4.79 Å². The summed E-state index contributed by atoms with van der Waals surface area (Å²) < 4.78 is 65.7. The number of nitrogens with zero attached hydrogens (tertiary/aromatic N) is 5. The molecule has 1 fully saturated rings. The van der Waals surface area contributed by atoms with Gasteiger partial charge in [-0.25, -0.2) is 22.2 Å². The molecule has 1 saturated heterocycles. The van der Waals surface area contributed by atoms with Crippen LogP contribution in [-0.2, 0) is 52.1 Å². The van der Waals surface area contributed by atoms with E-state index in [0.29, 0.717) is 37.6 Å². The number of aryl methyl sites for hydroxylation is 2. The minimum atomic E-state index is -4.01. The Balaban J connectivity index is 0.00000794. The second kappa shape index (κ2) is 22.9. The molecule has 3 unspecified atom stereocenters. The van der Waals surface area contributed by atoms with Crippen LogP contribution in [0.2, 0.25) is 0 Å². The summed E-state index contributed by atoms with van der Waals surface area (Å²) in [5.41, 5.74) is 4.49. The van der Waals surface area contributed by atoms with Gasteiger partial charge >= 0.3 is 81.0 Å². The maximum Gasteiger partial charge on any atom is 1.00 e. The summed E-state index contributed by atoms with van der Waals surface area (Å²) in [5.74, 6) is 0.654. The van der Waals surface area contributed by atoms with Crippen molar-refractivity contribution in [2.75, 3.05) is 59.8 Å². The van der Waals surface area contributed by atoms with Crippen molar-refractivity contribution in [2.45, 2.75) is 96.5 Å². The quantitative estimate of drug-likeness (QED) is 0.104. The SMILES string of the molecule is CCOC(=O)CC(C1=Cc2nnn(C)c2C(OC)C1)c1ccc(C)c(CN(C[C-](C)C)S(=O)(=O)c2[c-]cc(OCCOCC3CN(C(=O)OC(C)(C)C)CCO3)cc2)c1.[Cs+]. The molecule has 0 spiro atoms. The normalized spacial score (nSPS) is 17.4. The molecule has 0 saturated carbocycles. The molecule has 0 radical (unpaired) electrons. The minimum Gasteiger partial charge on any atom is -0.549 e. The van der Waals surface area contributed by atoms with Crippen molar-refractivity contribution in [1.82, 2.24) is 24.2 Å². The maximum atomic E-state index is 14.2. The van der Waals surface area contributed by atoms with Crippen molar-refractivity contribution < 1.29 is 115 Å². The van der Waals surface area contributed by atoms with E-state index in [0.717, 1.165) is 33.9 Å². The predicted molar refractivity (Wildman–Crippen MR) is 220 cm³/mol. The van der Waals surface area contributed by atoms with E-state index in [1.165, 1.54) is 16.4 Å². The van der Waals surface area contributed by atoms with E-state index in [-0.39, 0.29) is 150 Å². The van der Waals surface area contributed by atoms with E-state index in [2.05, 4.69) is 16.4 Å². The summed E-state index contributed by atoms with van der Waals surface area (Å²) in [6.45, 7) is 15.5. The molecular formula is C43H59CsN5O10S-. The van der Waals surface area contributed by atoms with Crippen molar-refractivity contribution in [2.24, 2.45) is 7.05 Å².